The first kappa shape index (κ1) is 19.1. The summed E-state index contributed by atoms with van der Waals surface area (Å²) in [5, 5.41) is 15.1. The third kappa shape index (κ3) is 5.97. The van der Waals surface area contributed by atoms with E-state index in [9.17, 15) is 0 Å². The van der Waals surface area contributed by atoms with Crippen LogP contribution >= 0.6 is 0 Å². The van der Waals surface area contributed by atoms with Crippen molar-refractivity contribution in [2.24, 2.45) is 30.1 Å². The maximum Gasteiger partial charge on any atom is 0.421 e. The van der Waals surface area contributed by atoms with E-state index in [-0.39, 0.29) is 12.4 Å². The molecule has 1 heterocycles. The molecule has 1 aromatic heterocycles. The summed E-state index contributed by atoms with van der Waals surface area (Å²) in [5.74, 6) is 0.799. The Balaban J connectivity index is 0.00000264. The molecule has 0 fully saturated rings. The third-order valence-corrected chi connectivity index (χ3v) is 3.22. The highest BCUT2D eigenvalue weighted by molar-refractivity contribution is 5.50. The van der Waals surface area contributed by atoms with Gasteiger partial charge in [-0.2, -0.15) is 0 Å². The lowest BCUT2D eigenvalue weighted by Crippen LogP contribution is -3.00. The van der Waals surface area contributed by atoms with Crippen LogP contribution in [0.25, 0.3) is 0 Å². The lowest BCUT2D eigenvalue weighted by molar-refractivity contribution is -0.657. The van der Waals surface area contributed by atoms with Gasteiger partial charge in [0, 0.05) is 37.0 Å². The number of nitrogens with one attached hydrogen (secondary N) is 2. The van der Waals surface area contributed by atoms with Crippen LogP contribution in [0.1, 0.15) is 0 Å². The van der Waals surface area contributed by atoms with Crippen LogP contribution in [0, 0.1) is 0 Å². The van der Waals surface area contributed by atoms with Crippen LogP contribution in [0.2, 0.25) is 0 Å². The molecule has 0 spiro atoms. The van der Waals surface area contributed by atoms with E-state index >= 15 is 0 Å². The van der Waals surface area contributed by atoms with Gasteiger partial charge < -0.3 is 28.8 Å². The molecule has 4 N–H and O–H groups in total. The molecule has 0 aliphatic heterocycles. The Labute approximate surface area is 143 Å². The second-order valence-electron chi connectivity index (χ2n) is 5.03. The summed E-state index contributed by atoms with van der Waals surface area (Å²) in [6.45, 7) is 3.26. The summed E-state index contributed by atoms with van der Waals surface area (Å²) in [6.07, 6.45) is 3.89. The number of nitrogens with zero attached hydrogens (tertiary/aromatic N) is 4. The van der Waals surface area contributed by atoms with E-state index in [0.29, 0.717) is 6.54 Å². The molecule has 0 amide bonds. The van der Waals surface area contributed by atoms with Gasteiger partial charge in [0.2, 0.25) is 0 Å². The van der Waals surface area contributed by atoms with Crippen LogP contribution in [0.4, 0.5) is 17.3 Å². The van der Waals surface area contributed by atoms with Crippen LogP contribution in [-0.4, -0.2) is 30.7 Å². The molecule has 0 saturated carbocycles. The van der Waals surface area contributed by atoms with Gasteiger partial charge in [-0.25, -0.2) is 9.13 Å². The Hall–Kier alpha value is -1.96. The molecule has 0 aliphatic carbocycles. The molecular formula is C15H24ClN7. The first-order valence-corrected chi connectivity index (χ1v) is 7.38. The highest BCUT2D eigenvalue weighted by Gasteiger charge is 2.09. The van der Waals surface area contributed by atoms with E-state index in [4.69, 9.17) is 5.73 Å². The summed E-state index contributed by atoms with van der Waals surface area (Å²) in [7, 11) is 3.89. The molecule has 1 aromatic carbocycles. The molecule has 0 saturated heterocycles. The van der Waals surface area contributed by atoms with Crippen molar-refractivity contribution in [3.8, 4) is 0 Å². The molecule has 2 aromatic rings. The number of aromatic nitrogens is 2. The lowest BCUT2D eigenvalue weighted by Gasteiger charge is -2.06. The monoisotopic (exact) mass is 337 g/mol. The molecule has 2 rings (SSSR count). The highest BCUT2D eigenvalue weighted by atomic mass is 35.5. The summed E-state index contributed by atoms with van der Waals surface area (Å²) in [4.78, 5) is 0. The second-order valence-corrected chi connectivity index (χ2v) is 5.03. The highest BCUT2D eigenvalue weighted by Crippen LogP contribution is 2.18. The second kappa shape index (κ2) is 9.94. The van der Waals surface area contributed by atoms with Gasteiger partial charge in [0.25, 0.3) is 0 Å². The largest absolute Gasteiger partial charge is 1.00 e. The number of hydrogen-bond acceptors (Lipinski definition) is 5. The topological polar surface area (TPSA) is 83.6 Å². The standard InChI is InChI=1S/C15H23N7.ClH/c1-21-11-12-22(2)15(21)20-19-14-5-3-13(4-6-14)18-10-9-17-8-7-16;/h3-6,11-12,17H,7-10,16H2,1-2H3;1H. The smallest absolute Gasteiger partial charge is 0.421 e. The summed E-state index contributed by atoms with van der Waals surface area (Å²) in [5.41, 5.74) is 7.31. The number of benzene rings is 1. The average Bonchev–Trinajstić information content (AvgIpc) is 2.85. The van der Waals surface area contributed by atoms with Gasteiger partial charge >= 0.3 is 5.95 Å². The van der Waals surface area contributed by atoms with Crippen molar-refractivity contribution in [1.82, 2.24) is 9.88 Å². The van der Waals surface area contributed by atoms with Gasteiger partial charge in [0.05, 0.1) is 26.5 Å². The average molecular weight is 338 g/mol. The fourth-order valence-electron chi connectivity index (χ4n) is 1.99. The summed E-state index contributed by atoms with van der Waals surface area (Å²) < 4.78 is 3.85. The zero-order valence-corrected chi connectivity index (χ0v) is 14.3. The van der Waals surface area contributed by atoms with Crippen LogP contribution in [0.15, 0.2) is 46.9 Å². The minimum absolute atomic E-state index is 0. The van der Waals surface area contributed by atoms with Gasteiger partial charge in [-0.3, -0.25) is 0 Å². The zero-order chi connectivity index (χ0) is 15.8. The Morgan fingerprint density at radius 2 is 1.87 bits per heavy atom. The minimum atomic E-state index is 0. The first-order valence-electron chi connectivity index (χ1n) is 7.38. The Bertz CT molecular complexity index is 587. The van der Waals surface area contributed by atoms with E-state index < -0.39 is 0 Å². The quantitative estimate of drug-likeness (QED) is 0.303. The molecule has 0 radical (unpaired) electrons. The number of hydrogen-bond donors (Lipinski definition) is 3. The van der Waals surface area contributed by atoms with E-state index in [0.717, 1.165) is 37.0 Å². The number of azo groups is 1. The van der Waals surface area contributed by atoms with Crippen LogP contribution in [0.3, 0.4) is 0 Å². The van der Waals surface area contributed by atoms with E-state index in [2.05, 4.69) is 20.9 Å². The lowest BCUT2D eigenvalue weighted by atomic mass is 10.3. The van der Waals surface area contributed by atoms with Crippen molar-refractivity contribution in [2.45, 2.75) is 0 Å². The number of aryl methyl sites for hydroxylation is 2. The minimum Gasteiger partial charge on any atom is -1.00 e. The van der Waals surface area contributed by atoms with Crippen molar-refractivity contribution in [2.75, 3.05) is 31.5 Å². The maximum absolute atomic E-state index is 5.42. The predicted molar refractivity (Wildman–Crippen MR) is 87.6 cm³/mol. The molecule has 126 valence electrons. The van der Waals surface area contributed by atoms with Gasteiger partial charge in [0.1, 0.15) is 5.69 Å². The van der Waals surface area contributed by atoms with E-state index in [1.165, 1.54) is 0 Å². The molecule has 7 nitrogen and oxygen atoms in total. The van der Waals surface area contributed by atoms with E-state index in [1.54, 1.807) is 0 Å². The van der Waals surface area contributed by atoms with Crippen molar-refractivity contribution in [3.63, 3.8) is 0 Å². The van der Waals surface area contributed by atoms with Gasteiger partial charge in [-0.15, -0.1) is 0 Å². The summed E-state index contributed by atoms with van der Waals surface area (Å²) in [6, 6.07) is 7.90. The Morgan fingerprint density at radius 1 is 1.13 bits per heavy atom. The Morgan fingerprint density at radius 3 is 2.48 bits per heavy atom. The molecule has 0 unspecified atom stereocenters. The molecular weight excluding hydrogens is 314 g/mol. The van der Waals surface area contributed by atoms with Crippen molar-refractivity contribution in [1.29, 1.82) is 0 Å². The van der Waals surface area contributed by atoms with Crippen molar-refractivity contribution >= 4 is 17.3 Å². The summed E-state index contributed by atoms with van der Waals surface area (Å²) >= 11 is 0. The number of imidazole rings is 1. The van der Waals surface area contributed by atoms with Gasteiger partial charge in [0.15, 0.2) is 0 Å². The molecule has 23 heavy (non-hydrogen) atoms. The predicted octanol–water partition coefficient (Wildman–Crippen LogP) is -1.77. The van der Waals surface area contributed by atoms with Crippen molar-refractivity contribution in [3.05, 3.63) is 36.7 Å². The molecule has 8 heteroatoms. The fraction of sp³-hybridized carbons (Fsp3) is 0.400. The number of anilines is 1. The fourth-order valence-corrected chi connectivity index (χ4v) is 1.99. The zero-order valence-electron chi connectivity index (χ0n) is 13.5. The van der Waals surface area contributed by atoms with Crippen LogP contribution in [-0.2, 0) is 14.1 Å². The Kier molecular flexibility index (Phi) is 8.25. The van der Waals surface area contributed by atoms with Gasteiger partial charge in [-0.05, 0) is 24.3 Å². The number of rotatable bonds is 8. The van der Waals surface area contributed by atoms with Crippen LogP contribution < -0.4 is 33.3 Å². The normalized spacial score (nSPS) is 10.7. The van der Waals surface area contributed by atoms with Crippen molar-refractivity contribution < 1.29 is 17.0 Å². The maximum atomic E-state index is 5.42. The third-order valence-electron chi connectivity index (χ3n) is 3.22. The molecule has 0 atom stereocenters. The van der Waals surface area contributed by atoms with E-state index in [1.807, 2.05) is 59.9 Å². The molecule has 0 aliphatic rings. The van der Waals surface area contributed by atoms with Gasteiger partial charge in [-0.1, -0.05) is 5.11 Å². The number of halogens is 1. The van der Waals surface area contributed by atoms with Crippen LogP contribution in [0.5, 0.6) is 0 Å². The SMILES string of the molecule is Cn1cc[n+](C)c1/N=N/c1ccc(NCCNCCN)cc1.[Cl-]. The molecule has 0 bridgehead atoms. The first-order chi connectivity index (χ1) is 10.7. The number of nitrogens with two attached hydrogens (primary N) is 1.